The van der Waals surface area contributed by atoms with Gasteiger partial charge in [-0.15, -0.1) is 0 Å². The Hall–Kier alpha value is -5.18. The van der Waals surface area contributed by atoms with Gasteiger partial charge in [-0.25, -0.2) is 0 Å². The van der Waals surface area contributed by atoms with Gasteiger partial charge in [0.1, 0.15) is 0 Å². The summed E-state index contributed by atoms with van der Waals surface area (Å²) in [7, 11) is 0. The zero-order valence-corrected chi connectivity index (χ0v) is 26.0. The lowest BCUT2D eigenvalue weighted by Gasteiger charge is -2.12. The van der Waals surface area contributed by atoms with Crippen molar-refractivity contribution in [2.45, 2.75) is 26.7 Å². The number of fused-ring (bicyclic) bond motifs is 6. The Morgan fingerprint density at radius 2 is 1.47 bits per heavy atom. The van der Waals surface area contributed by atoms with Crippen molar-refractivity contribution in [3.8, 4) is 16.8 Å². The molecule has 7 aromatic rings. The van der Waals surface area contributed by atoms with Gasteiger partial charge in [0, 0.05) is 21.8 Å². The predicted octanol–water partition coefficient (Wildman–Crippen LogP) is 11.4. The summed E-state index contributed by atoms with van der Waals surface area (Å²) in [5, 5.41) is 7.56. The zero-order valence-electron chi connectivity index (χ0n) is 26.0. The van der Waals surface area contributed by atoms with Crippen molar-refractivity contribution < 1.29 is 0 Å². The Morgan fingerprint density at radius 3 is 2.31 bits per heavy atom. The van der Waals surface area contributed by atoms with Crippen molar-refractivity contribution in [3.63, 3.8) is 0 Å². The van der Waals surface area contributed by atoms with Crippen molar-refractivity contribution in [2.24, 2.45) is 5.73 Å². The monoisotopic (exact) mass is 582 g/mol. The van der Waals surface area contributed by atoms with Crippen molar-refractivity contribution >= 4 is 48.9 Å². The highest BCUT2D eigenvalue weighted by molar-refractivity contribution is 6.19. The van der Waals surface area contributed by atoms with Gasteiger partial charge in [0.2, 0.25) is 0 Å². The molecule has 2 nitrogen and oxygen atoms in total. The van der Waals surface area contributed by atoms with E-state index < -0.39 is 0 Å². The SMILES string of the molecule is C/C=C\C(=C/C/C=C(/C)CCN)c1ccc2c3ccc4cc(-c5cccc6ccccc56)ccc4c3n(-c3ccccc3)c2c1. The number of nitrogens with zero attached hydrogens (tertiary/aromatic N) is 1. The molecule has 0 spiro atoms. The first-order valence-electron chi connectivity index (χ1n) is 15.9. The van der Waals surface area contributed by atoms with Gasteiger partial charge in [-0.2, -0.15) is 0 Å². The highest BCUT2D eigenvalue weighted by Crippen LogP contribution is 2.39. The molecule has 0 bridgehead atoms. The van der Waals surface area contributed by atoms with Crippen LogP contribution in [0.25, 0.3) is 65.7 Å². The molecule has 2 N–H and O–H groups in total. The fraction of sp³-hybridized carbons (Fsp3) is 0.116. The van der Waals surface area contributed by atoms with E-state index in [9.17, 15) is 0 Å². The third-order valence-electron chi connectivity index (χ3n) is 8.88. The minimum absolute atomic E-state index is 0.688. The zero-order chi connectivity index (χ0) is 30.8. The average molecular weight is 583 g/mol. The molecule has 6 aromatic carbocycles. The van der Waals surface area contributed by atoms with Crippen LogP contribution >= 0.6 is 0 Å². The summed E-state index contributed by atoms with van der Waals surface area (Å²) in [6, 6.07) is 44.5. The van der Waals surface area contributed by atoms with Gasteiger partial charge in [0.15, 0.2) is 0 Å². The van der Waals surface area contributed by atoms with E-state index in [1.165, 1.54) is 71.2 Å². The van der Waals surface area contributed by atoms with Gasteiger partial charge in [-0.05, 0) is 95.9 Å². The smallest absolute Gasteiger partial charge is 0.0619 e. The average Bonchev–Trinajstić information content (AvgIpc) is 3.42. The molecular weight excluding hydrogens is 544 g/mol. The molecule has 7 rings (SSSR count). The van der Waals surface area contributed by atoms with Gasteiger partial charge in [-0.3, -0.25) is 0 Å². The first kappa shape index (κ1) is 28.6. The summed E-state index contributed by atoms with van der Waals surface area (Å²) < 4.78 is 2.45. The Balaban J connectivity index is 1.44. The van der Waals surface area contributed by atoms with Crippen LogP contribution in [0.5, 0.6) is 0 Å². The van der Waals surface area contributed by atoms with E-state index in [2.05, 4.69) is 164 Å². The van der Waals surface area contributed by atoms with E-state index in [4.69, 9.17) is 5.73 Å². The largest absolute Gasteiger partial charge is 0.330 e. The van der Waals surface area contributed by atoms with E-state index in [1.54, 1.807) is 0 Å². The number of hydrogen-bond donors (Lipinski definition) is 1. The van der Waals surface area contributed by atoms with Crippen molar-refractivity contribution in [1.29, 1.82) is 0 Å². The molecule has 0 fully saturated rings. The summed E-state index contributed by atoms with van der Waals surface area (Å²) in [6.45, 7) is 4.94. The van der Waals surface area contributed by atoms with Crippen LogP contribution in [0.2, 0.25) is 0 Å². The van der Waals surface area contributed by atoms with Crippen LogP contribution in [0.1, 0.15) is 32.3 Å². The maximum atomic E-state index is 5.77. The van der Waals surface area contributed by atoms with Crippen LogP contribution in [0.3, 0.4) is 0 Å². The second-order valence-electron chi connectivity index (χ2n) is 11.8. The van der Waals surface area contributed by atoms with Crippen LogP contribution in [0.4, 0.5) is 0 Å². The molecule has 0 aliphatic rings. The number of nitrogens with two attached hydrogens (primary N) is 1. The van der Waals surface area contributed by atoms with Crippen LogP contribution in [0.15, 0.2) is 151 Å². The maximum absolute atomic E-state index is 5.77. The molecule has 0 radical (unpaired) electrons. The van der Waals surface area contributed by atoms with Crippen molar-refractivity contribution in [2.75, 3.05) is 6.54 Å². The fourth-order valence-corrected chi connectivity index (χ4v) is 6.68. The van der Waals surface area contributed by atoms with Gasteiger partial charge in [0.25, 0.3) is 0 Å². The van der Waals surface area contributed by atoms with Crippen LogP contribution in [-0.2, 0) is 0 Å². The molecule has 0 saturated carbocycles. The molecule has 2 heteroatoms. The topological polar surface area (TPSA) is 30.9 Å². The Labute approximate surface area is 265 Å². The van der Waals surface area contributed by atoms with E-state index in [0.717, 1.165) is 18.5 Å². The van der Waals surface area contributed by atoms with Crippen LogP contribution in [-0.4, -0.2) is 11.1 Å². The third-order valence-corrected chi connectivity index (χ3v) is 8.88. The van der Waals surface area contributed by atoms with Crippen LogP contribution < -0.4 is 5.73 Å². The number of hydrogen-bond acceptors (Lipinski definition) is 1. The standard InChI is InChI=1S/C43H38N2/c1-3-11-31(14-9-12-30(2)26-27-44)33-20-24-40-41-25-22-35-28-34(38-19-10-15-32-13-7-8-18-37(32)38)21-23-39(35)43(41)45(42(40)29-33)36-16-5-4-6-17-36/h3-8,10-25,28-29H,9,26-27,44H2,1-2H3/b11-3-,30-12-,31-14+. The molecule has 0 aliphatic carbocycles. The molecule has 0 amide bonds. The predicted molar refractivity (Wildman–Crippen MR) is 196 cm³/mol. The molecule has 0 aliphatic heterocycles. The number of aromatic nitrogens is 1. The lowest BCUT2D eigenvalue weighted by atomic mass is 9.95. The van der Waals surface area contributed by atoms with E-state index >= 15 is 0 Å². The van der Waals surface area contributed by atoms with E-state index in [0.29, 0.717) is 6.54 Å². The third kappa shape index (κ3) is 5.39. The number of allylic oxidation sites excluding steroid dienone is 5. The summed E-state index contributed by atoms with van der Waals surface area (Å²) >= 11 is 0. The highest BCUT2D eigenvalue weighted by Gasteiger charge is 2.17. The Kier molecular flexibility index (Phi) is 7.90. The molecule has 0 unspecified atom stereocenters. The van der Waals surface area contributed by atoms with E-state index in [-0.39, 0.29) is 0 Å². The van der Waals surface area contributed by atoms with Crippen LogP contribution in [0, 0.1) is 0 Å². The maximum Gasteiger partial charge on any atom is 0.0619 e. The molecular formula is C43H38N2. The molecule has 45 heavy (non-hydrogen) atoms. The summed E-state index contributed by atoms with van der Waals surface area (Å²) in [5.74, 6) is 0. The van der Waals surface area contributed by atoms with Gasteiger partial charge >= 0.3 is 0 Å². The highest BCUT2D eigenvalue weighted by atomic mass is 15.0. The lowest BCUT2D eigenvalue weighted by molar-refractivity contribution is 0.943. The van der Waals surface area contributed by atoms with Crippen molar-refractivity contribution in [1.82, 2.24) is 4.57 Å². The van der Waals surface area contributed by atoms with E-state index in [1.807, 2.05) is 0 Å². The normalized spacial score (nSPS) is 12.8. The summed E-state index contributed by atoms with van der Waals surface area (Å²) in [4.78, 5) is 0. The number of para-hydroxylation sites is 1. The second-order valence-corrected chi connectivity index (χ2v) is 11.8. The molecule has 0 atom stereocenters. The number of benzene rings is 6. The summed E-state index contributed by atoms with van der Waals surface area (Å²) in [5.41, 5.74) is 15.7. The van der Waals surface area contributed by atoms with Gasteiger partial charge in [-0.1, -0.05) is 127 Å². The minimum atomic E-state index is 0.688. The van der Waals surface area contributed by atoms with Crippen molar-refractivity contribution in [3.05, 3.63) is 157 Å². The Morgan fingerprint density at radius 1 is 0.689 bits per heavy atom. The fourth-order valence-electron chi connectivity index (χ4n) is 6.68. The van der Waals surface area contributed by atoms with Gasteiger partial charge in [0.05, 0.1) is 11.0 Å². The number of rotatable bonds is 8. The minimum Gasteiger partial charge on any atom is -0.330 e. The summed E-state index contributed by atoms with van der Waals surface area (Å²) in [6.07, 6.45) is 10.8. The second kappa shape index (κ2) is 12.4. The molecule has 0 saturated heterocycles. The lowest BCUT2D eigenvalue weighted by Crippen LogP contribution is -1.98. The molecule has 1 aromatic heterocycles. The first-order chi connectivity index (χ1) is 22.2. The molecule has 1 heterocycles. The quantitative estimate of drug-likeness (QED) is 0.140. The Bertz CT molecular complexity index is 2260. The van der Waals surface area contributed by atoms with Gasteiger partial charge < -0.3 is 10.3 Å². The molecule has 220 valence electrons. The first-order valence-corrected chi connectivity index (χ1v) is 15.9.